The zero-order valence-electron chi connectivity index (χ0n) is 8.90. The highest BCUT2D eigenvalue weighted by Crippen LogP contribution is 2.31. The second kappa shape index (κ2) is 4.26. The smallest absolute Gasteiger partial charge is 0.229 e. The molecule has 1 atom stereocenters. The highest BCUT2D eigenvalue weighted by molar-refractivity contribution is 9.10. The van der Waals surface area contributed by atoms with E-state index in [1.165, 1.54) is 0 Å². The Hall–Kier alpha value is -1.34. The minimum Gasteiger partial charge on any atom is -0.295 e. The fourth-order valence-electron chi connectivity index (χ4n) is 1.74. The van der Waals surface area contributed by atoms with E-state index in [9.17, 15) is 4.79 Å². The highest BCUT2D eigenvalue weighted by Gasteiger charge is 2.31. The first-order chi connectivity index (χ1) is 7.63. The molecule has 0 N–H and O–H groups in total. The summed E-state index contributed by atoms with van der Waals surface area (Å²) in [5.41, 5.74) is 1.06. The summed E-state index contributed by atoms with van der Waals surface area (Å²) in [5.74, 6) is 3.34. The average molecular weight is 279 g/mol. The fourth-order valence-corrected chi connectivity index (χ4v) is 2.19. The maximum absolute atomic E-state index is 11.8. The van der Waals surface area contributed by atoms with E-state index in [2.05, 4.69) is 26.8 Å². The van der Waals surface area contributed by atoms with Crippen LogP contribution in [0.2, 0.25) is 0 Å². The summed E-state index contributed by atoms with van der Waals surface area (Å²) in [6, 6.07) is 1.90. The number of pyridine rings is 1. The molecule has 1 aromatic heterocycles. The summed E-state index contributed by atoms with van der Waals surface area (Å²) in [4.78, 5) is 17.7. The van der Waals surface area contributed by atoms with E-state index >= 15 is 0 Å². The zero-order valence-corrected chi connectivity index (χ0v) is 10.5. The van der Waals surface area contributed by atoms with Gasteiger partial charge < -0.3 is 0 Å². The lowest BCUT2D eigenvalue weighted by Gasteiger charge is -2.17. The molecular weight excluding hydrogens is 268 g/mol. The van der Waals surface area contributed by atoms with Crippen LogP contribution >= 0.6 is 15.9 Å². The Morgan fingerprint density at radius 3 is 3.06 bits per heavy atom. The molecule has 82 valence electrons. The highest BCUT2D eigenvalue weighted by atomic mass is 79.9. The van der Waals surface area contributed by atoms with Crippen LogP contribution in [0.5, 0.6) is 0 Å². The Morgan fingerprint density at radius 2 is 2.44 bits per heavy atom. The summed E-state index contributed by atoms with van der Waals surface area (Å²) < 4.78 is 0.862. The molecule has 1 fully saturated rings. The van der Waals surface area contributed by atoms with Gasteiger partial charge >= 0.3 is 0 Å². The summed E-state index contributed by atoms with van der Waals surface area (Å²) in [6.07, 6.45) is 7.46. The Kier molecular flexibility index (Phi) is 2.97. The number of aromatic nitrogens is 1. The van der Waals surface area contributed by atoms with Crippen molar-refractivity contribution in [3.05, 3.63) is 22.3 Å². The molecule has 0 aromatic carbocycles. The third-order valence-corrected chi connectivity index (χ3v) is 3.66. The number of hydrogen-bond acceptors (Lipinski definition) is 2. The fraction of sp³-hybridized carbons (Fsp3) is 0.333. The second-order valence-electron chi connectivity index (χ2n) is 3.84. The van der Waals surface area contributed by atoms with Gasteiger partial charge in [0, 0.05) is 25.1 Å². The molecule has 0 spiro atoms. The molecule has 1 amide bonds. The quantitative estimate of drug-likeness (QED) is 0.738. The predicted molar refractivity (Wildman–Crippen MR) is 66.0 cm³/mol. The van der Waals surface area contributed by atoms with Gasteiger partial charge in [0.2, 0.25) is 5.91 Å². The number of nitrogens with zero attached hydrogens (tertiary/aromatic N) is 2. The summed E-state index contributed by atoms with van der Waals surface area (Å²) in [7, 11) is 0. The van der Waals surface area contributed by atoms with Crippen LogP contribution in [0.4, 0.5) is 5.82 Å². The van der Waals surface area contributed by atoms with E-state index in [-0.39, 0.29) is 11.8 Å². The van der Waals surface area contributed by atoms with Gasteiger partial charge in [0.1, 0.15) is 5.82 Å². The molecule has 0 bridgehead atoms. The molecular formula is C12H11BrN2O. The molecule has 0 saturated carbocycles. The van der Waals surface area contributed by atoms with Crippen molar-refractivity contribution >= 4 is 27.7 Å². The Bertz CT molecular complexity index is 478. The van der Waals surface area contributed by atoms with Crippen LogP contribution < -0.4 is 4.90 Å². The first kappa shape index (κ1) is 11.2. The first-order valence-electron chi connectivity index (χ1n) is 5.01. The van der Waals surface area contributed by atoms with Crippen molar-refractivity contribution in [3.8, 4) is 12.3 Å². The third-order valence-electron chi connectivity index (χ3n) is 2.68. The minimum absolute atomic E-state index is 0.00159. The lowest BCUT2D eigenvalue weighted by molar-refractivity contribution is -0.117. The summed E-state index contributed by atoms with van der Waals surface area (Å²) in [6.45, 7) is 2.53. The zero-order chi connectivity index (χ0) is 11.7. The lowest BCUT2D eigenvalue weighted by Crippen LogP contribution is -2.26. The van der Waals surface area contributed by atoms with Gasteiger partial charge in [-0.05, 0) is 34.5 Å². The van der Waals surface area contributed by atoms with Gasteiger partial charge in [-0.3, -0.25) is 9.69 Å². The van der Waals surface area contributed by atoms with Crippen molar-refractivity contribution in [1.82, 2.24) is 4.98 Å². The van der Waals surface area contributed by atoms with Crippen molar-refractivity contribution < 1.29 is 4.79 Å². The van der Waals surface area contributed by atoms with Crippen LogP contribution in [0.25, 0.3) is 0 Å². The summed E-state index contributed by atoms with van der Waals surface area (Å²) >= 11 is 3.45. The average Bonchev–Trinajstić information content (AvgIpc) is 2.64. The molecule has 1 saturated heterocycles. The Labute approximate surface area is 103 Å². The molecule has 16 heavy (non-hydrogen) atoms. The standard InChI is InChI=1S/C12H11BrN2O/c1-3-9-6-10(16)15(7-9)12-11(13)8(2)4-5-14-12/h1,4-5,9H,6-7H2,2H3. The van der Waals surface area contributed by atoms with E-state index in [4.69, 9.17) is 6.42 Å². The number of amides is 1. The van der Waals surface area contributed by atoms with Gasteiger partial charge in [-0.25, -0.2) is 4.98 Å². The number of carbonyl (C=O) groups excluding carboxylic acids is 1. The molecule has 4 heteroatoms. The molecule has 1 aromatic rings. The molecule has 0 aliphatic carbocycles. The van der Waals surface area contributed by atoms with Gasteiger partial charge in [0.25, 0.3) is 0 Å². The Morgan fingerprint density at radius 1 is 1.69 bits per heavy atom. The van der Waals surface area contributed by atoms with Crippen LogP contribution in [0.3, 0.4) is 0 Å². The van der Waals surface area contributed by atoms with Crippen LogP contribution in [0.1, 0.15) is 12.0 Å². The van der Waals surface area contributed by atoms with Gasteiger partial charge in [0.15, 0.2) is 0 Å². The Balaban J connectivity index is 2.36. The van der Waals surface area contributed by atoms with Crippen LogP contribution in [-0.2, 0) is 4.79 Å². The summed E-state index contributed by atoms with van der Waals surface area (Å²) in [5, 5.41) is 0. The van der Waals surface area contributed by atoms with E-state index in [0.717, 1.165) is 10.0 Å². The number of rotatable bonds is 1. The van der Waals surface area contributed by atoms with Crippen LogP contribution in [-0.4, -0.2) is 17.4 Å². The monoisotopic (exact) mass is 278 g/mol. The van der Waals surface area contributed by atoms with E-state index in [1.54, 1.807) is 11.1 Å². The van der Waals surface area contributed by atoms with Gasteiger partial charge in [-0.1, -0.05) is 0 Å². The first-order valence-corrected chi connectivity index (χ1v) is 5.80. The number of anilines is 1. The predicted octanol–water partition coefficient (Wildman–Crippen LogP) is 2.14. The van der Waals surface area contributed by atoms with Crippen LogP contribution in [0.15, 0.2) is 16.7 Å². The number of aryl methyl sites for hydroxylation is 1. The molecule has 0 radical (unpaired) electrons. The van der Waals surface area contributed by atoms with Gasteiger partial charge in [0.05, 0.1) is 4.47 Å². The largest absolute Gasteiger partial charge is 0.295 e. The van der Waals surface area contributed by atoms with E-state index in [1.807, 2.05) is 13.0 Å². The minimum atomic E-state index is 0.00159. The van der Waals surface area contributed by atoms with E-state index in [0.29, 0.717) is 18.8 Å². The van der Waals surface area contributed by atoms with E-state index < -0.39 is 0 Å². The van der Waals surface area contributed by atoms with Crippen molar-refractivity contribution in [2.75, 3.05) is 11.4 Å². The third kappa shape index (κ3) is 1.83. The molecule has 3 nitrogen and oxygen atoms in total. The molecule has 1 unspecified atom stereocenters. The second-order valence-corrected chi connectivity index (χ2v) is 4.63. The number of carbonyl (C=O) groups is 1. The van der Waals surface area contributed by atoms with Gasteiger partial charge in [-0.15, -0.1) is 12.3 Å². The van der Waals surface area contributed by atoms with Crippen molar-refractivity contribution in [1.29, 1.82) is 0 Å². The SMILES string of the molecule is C#CC1CC(=O)N(c2nccc(C)c2Br)C1. The van der Waals surface area contributed by atoms with Crippen molar-refractivity contribution in [3.63, 3.8) is 0 Å². The number of terminal acetylenes is 1. The molecule has 1 aliphatic rings. The van der Waals surface area contributed by atoms with Crippen molar-refractivity contribution in [2.45, 2.75) is 13.3 Å². The molecule has 2 heterocycles. The number of halogens is 1. The van der Waals surface area contributed by atoms with Gasteiger partial charge in [-0.2, -0.15) is 0 Å². The van der Waals surface area contributed by atoms with Crippen LogP contribution in [0, 0.1) is 25.2 Å². The normalized spacial score (nSPS) is 19.9. The number of hydrogen-bond donors (Lipinski definition) is 0. The maximum atomic E-state index is 11.8. The maximum Gasteiger partial charge on any atom is 0.229 e. The molecule has 2 rings (SSSR count). The lowest BCUT2D eigenvalue weighted by atomic mass is 10.1. The molecule has 1 aliphatic heterocycles. The van der Waals surface area contributed by atoms with Crippen molar-refractivity contribution in [2.24, 2.45) is 5.92 Å². The topological polar surface area (TPSA) is 33.2 Å².